The van der Waals surface area contributed by atoms with E-state index in [1.807, 2.05) is 18.8 Å². The molecule has 0 aliphatic heterocycles. The van der Waals surface area contributed by atoms with Crippen molar-refractivity contribution < 1.29 is 4.52 Å². The maximum atomic E-state index is 5.18. The molecule has 0 saturated heterocycles. The summed E-state index contributed by atoms with van der Waals surface area (Å²) in [4.78, 5) is 4.36. The van der Waals surface area contributed by atoms with Crippen molar-refractivity contribution in [3.05, 3.63) is 11.7 Å². The molecule has 0 saturated carbocycles. The quantitative estimate of drug-likeness (QED) is 0.801. The van der Waals surface area contributed by atoms with Crippen LogP contribution in [0, 0.1) is 0 Å². The lowest BCUT2D eigenvalue weighted by atomic mass is 10.2. The summed E-state index contributed by atoms with van der Waals surface area (Å²) >= 11 is 1.81. The van der Waals surface area contributed by atoms with E-state index in [0.29, 0.717) is 11.3 Å². The summed E-state index contributed by atoms with van der Waals surface area (Å²) in [5.74, 6) is 1.54. The molecular weight excluding hydrogens is 210 g/mol. The highest BCUT2D eigenvalue weighted by molar-refractivity contribution is 7.99. The third-order valence-corrected chi connectivity index (χ3v) is 3.33. The van der Waals surface area contributed by atoms with Crippen molar-refractivity contribution >= 4 is 11.8 Å². The van der Waals surface area contributed by atoms with Crippen molar-refractivity contribution in [2.75, 3.05) is 13.3 Å². The fourth-order valence-electron chi connectivity index (χ4n) is 1.16. The van der Waals surface area contributed by atoms with Crippen LogP contribution in [-0.2, 0) is 12.8 Å². The third kappa shape index (κ3) is 4.22. The van der Waals surface area contributed by atoms with Gasteiger partial charge in [0.2, 0.25) is 5.89 Å². The summed E-state index contributed by atoms with van der Waals surface area (Å²) in [6, 6.07) is 0.383. The molecule has 0 spiro atoms. The van der Waals surface area contributed by atoms with E-state index in [1.54, 1.807) is 0 Å². The third-order valence-electron chi connectivity index (χ3n) is 2.36. The second-order valence-electron chi connectivity index (χ2n) is 3.75. The monoisotopic (exact) mass is 229 g/mol. The van der Waals surface area contributed by atoms with Crippen molar-refractivity contribution in [1.82, 2.24) is 15.5 Å². The zero-order chi connectivity index (χ0) is 11.3. The number of rotatable bonds is 6. The van der Waals surface area contributed by atoms with Crippen LogP contribution in [0.1, 0.15) is 25.6 Å². The molecule has 0 amide bonds. The van der Waals surface area contributed by atoms with Gasteiger partial charge in [0, 0.05) is 24.1 Å². The van der Waals surface area contributed by atoms with Gasteiger partial charge in [-0.2, -0.15) is 16.7 Å². The van der Waals surface area contributed by atoms with E-state index in [-0.39, 0.29) is 0 Å². The Kier molecular flexibility index (Phi) is 5.11. The highest BCUT2D eigenvalue weighted by Crippen LogP contribution is 2.11. The molecule has 4 nitrogen and oxygen atoms in total. The Bertz CT molecular complexity index is 263. The number of hydrogen-bond acceptors (Lipinski definition) is 5. The SMILES string of the molecule is CNC(C)Cc1noc(CC(C)SC)n1. The number of nitrogens with zero attached hydrogens (tertiary/aromatic N) is 2. The Morgan fingerprint density at radius 1 is 1.40 bits per heavy atom. The van der Waals surface area contributed by atoms with Crippen molar-refractivity contribution in [2.24, 2.45) is 0 Å². The van der Waals surface area contributed by atoms with E-state index < -0.39 is 0 Å². The maximum Gasteiger partial charge on any atom is 0.227 e. The van der Waals surface area contributed by atoms with E-state index in [1.165, 1.54) is 0 Å². The molecule has 0 fully saturated rings. The second kappa shape index (κ2) is 6.12. The molecule has 86 valence electrons. The first kappa shape index (κ1) is 12.5. The summed E-state index contributed by atoms with van der Waals surface area (Å²) in [7, 11) is 1.93. The van der Waals surface area contributed by atoms with Crippen molar-refractivity contribution in [3.63, 3.8) is 0 Å². The van der Waals surface area contributed by atoms with Crippen molar-refractivity contribution in [2.45, 2.75) is 38.0 Å². The number of aromatic nitrogens is 2. The molecule has 0 aromatic carbocycles. The molecule has 1 N–H and O–H groups in total. The minimum Gasteiger partial charge on any atom is -0.339 e. The van der Waals surface area contributed by atoms with Gasteiger partial charge in [-0.1, -0.05) is 12.1 Å². The van der Waals surface area contributed by atoms with Gasteiger partial charge >= 0.3 is 0 Å². The first-order chi connectivity index (χ1) is 7.15. The molecule has 1 aromatic heterocycles. The smallest absolute Gasteiger partial charge is 0.227 e. The average molecular weight is 229 g/mol. The normalized spacial score (nSPS) is 15.2. The van der Waals surface area contributed by atoms with Gasteiger partial charge in [0.15, 0.2) is 5.82 Å². The van der Waals surface area contributed by atoms with E-state index in [0.717, 1.165) is 24.6 Å². The van der Waals surface area contributed by atoms with E-state index in [2.05, 4.69) is 35.6 Å². The topological polar surface area (TPSA) is 51.0 Å². The predicted octanol–water partition coefficient (Wildman–Crippen LogP) is 1.51. The van der Waals surface area contributed by atoms with Crippen LogP contribution >= 0.6 is 11.8 Å². The summed E-state index contributed by atoms with van der Waals surface area (Å²) in [5, 5.41) is 7.63. The number of nitrogens with one attached hydrogen (secondary N) is 1. The van der Waals surface area contributed by atoms with Gasteiger partial charge in [0.05, 0.1) is 0 Å². The summed E-state index contributed by atoms with van der Waals surface area (Å²) in [6.45, 7) is 4.26. The van der Waals surface area contributed by atoms with Gasteiger partial charge in [-0.25, -0.2) is 0 Å². The Balaban J connectivity index is 2.49. The summed E-state index contributed by atoms with van der Waals surface area (Å²) < 4.78 is 5.18. The fourth-order valence-corrected chi connectivity index (χ4v) is 1.47. The first-order valence-corrected chi connectivity index (χ1v) is 6.46. The van der Waals surface area contributed by atoms with Crippen LogP contribution in [-0.4, -0.2) is 34.7 Å². The van der Waals surface area contributed by atoms with Crippen LogP contribution in [0.4, 0.5) is 0 Å². The molecule has 0 aliphatic rings. The van der Waals surface area contributed by atoms with Gasteiger partial charge in [-0.15, -0.1) is 0 Å². The van der Waals surface area contributed by atoms with Crippen LogP contribution < -0.4 is 5.32 Å². The minimum atomic E-state index is 0.383. The largest absolute Gasteiger partial charge is 0.339 e. The van der Waals surface area contributed by atoms with Gasteiger partial charge in [0.25, 0.3) is 0 Å². The van der Waals surface area contributed by atoms with Gasteiger partial charge in [-0.05, 0) is 20.2 Å². The van der Waals surface area contributed by atoms with Crippen LogP contribution in [0.3, 0.4) is 0 Å². The highest BCUT2D eigenvalue weighted by Gasteiger charge is 2.11. The molecule has 0 bridgehead atoms. The summed E-state index contributed by atoms with van der Waals surface area (Å²) in [6.07, 6.45) is 3.75. The molecular formula is C10H19N3OS. The molecule has 0 aliphatic carbocycles. The molecule has 0 radical (unpaired) electrons. The van der Waals surface area contributed by atoms with Crippen molar-refractivity contribution in [1.29, 1.82) is 0 Å². The van der Waals surface area contributed by atoms with Crippen LogP contribution in [0.25, 0.3) is 0 Å². The lowest BCUT2D eigenvalue weighted by molar-refractivity contribution is 0.371. The fraction of sp³-hybridized carbons (Fsp3) is 0.800. The molecule has 2 unspecified atom stereocenters. The minimum absolute atomic E-state index is 0.383. The molecule has 1 heterocycles. The Morgan fingerprint density at radius 3 is 2.73 bits per heavy atom. The molecule has 1 aromatic rings. The van der Waals surface area contributed by atoms with E-state index in [4.69, 9.17) is 4.52 Å². The Hall–Kier alpha value is -0.550. The van der Waals surface area contributed by atoms with Crippen molar-refractivity contribution in [3.8, 4) is 0 Å². The van der Waals surface area contributed by atoms with E-state index in [9.17, 15) is 0 Å². The lowest BCUT2D eigenvalue weighted by Gasteiger charge is -2.05. The molecule has 2 atom stereocenters. The first-order valence-electron chi connectivity index (χ1n) is 5.17. The maximum absolute atomic E-state index is 5.18. The highest BCUT2D eigenvalue weighted by atomic mass is 32.2. The average Bonchev–Trinajstić information content (AvgIpc) is 2.65. The van der Waals surface area contributed by atoms with Crippen LogP contribution in [0.15, 0.2) is 4.52 Å². The lowest BCUT2D eigenvalue weighted by Crippen LogP contribution is -2.24. The Labute approximate surface area is 95.2 Å². The summed E-state index contributed by atoms with van der Waals surface area (Å²) in [5.41, 5.74) is 0. The van der Waals surface area contributed by atoms with Crippen LogP contribution in [0.2, 0.25) is 0 Å². The number of thioether (sulfide) groups is 1. The Morgan fingerprint density at radius 2 is 2.13 bits per heavy atom. The van der Waals surface area contributed by atoms with Gasteiger partial charge in [-0.3, -0.25) is 0 Å². The molecule has 5 heteroatoms. The standard InChI is InChI=1S/C10H19N3OS/c1-7(11-3)5-9-12-10(14-13-9)6-8(2)15-4/h7-8,11H,5-6H2,1-4H3. The molecule has 1 rings (SSSR count). The number of likely N-dealkylation sites (N-methyl/N-ethyl adjacent to an activating group) is 1. The second-order valence-corrected chi connectivity index (χ2v) is 5.02. The van der Waals surface area contributed by atoms with Crippen LogP contribution in [0.5, 0.6) is 0 Å². The van der Waals surface area contributed by atoms with Gasteiger partial charge in [0.1, 0.15) is 0 Å². The zero-order valence-corrected chi connectivity index (χ0v) is 10.6. The van der Waals surface area contributed by atoms with E-state index >= 15 is 0 Å². The zero-order valence-electron chi connectivity index (χ0n) is 9.78. The van der Waals surface area contributed by atoms with Gasteiger partial charge < -0.3 is 9.84 Å². The number of hydrogen-bond donors (Lipinski definition) is 1. The molecule has 15 heavy (non-hydrogen) atoms. The predicted molar refractivity (Wildman–Crippen MR) is 63.2 cm³/mol.